The van der Waals surface area contributed by atoms with Crippen molar-refractivity contribution in [2.24, 2.45) is 0 Å². The van der Waals surface area contributed by atoms with Gasteiger partial charge in [0.25, 0.3) is 0 Å². The fraction of sp³-hybridized carbons (Fsp3) is 0.538. The van der Waals surface area contributed by atoms with Crippen molar-refractivity contribution in [3.63, 3.8) is 0 Å². The standard InChI is InChI=1S/C13H18O/c1-2-3-10-4-6-11(7-5-10)12-8-13(14)9-12/h4-7,12-14H,2-3,8-9H2,1H3. The van der Waals surface area contributed by atoms with E-state index < -0.39 is 0 Å². The number of benzene rings is 1. The Kier molecular flexibility index (Phi) is 2.87. The maximum absolute atomic E-state index is 9.22. The Labute approximate surface area is 85.8 Å². The minimum Gasteiger partial charge on any atom is -0.393 e. The Morgan fingerprint density at radius 2 is 1.86 bits per heavy atom. The number of hydrogen-bond donors (Lipinski definition) is 1. The molecule has 1 N–H and O–H groups in total. The lowest BCUT2D eigenvalue weighted by atomic mass is 9.77. The third-order valence-electron chi connectivity index (χ3n) is 3.10. The summed E-state index contributed by atoms with van der Waals surface area (Å²) >= 11 is 0. The van der Waals surface area contributed by atoms with Crippen LogP contribution >= 0.6 is 0 Å². The van der Waals surface area contributed by atoms with E-state index in [1.54, 1.807) is 0 Å². The van der Waals surface area contributed by atoms with Gasteiger partial charge in [-0.25, -0.2) is 0 Å². The summed E-state index contributed by atoms with van der Waals surface area (Å²) in [4.78, 5) is 0. The summed E-state index contributed by atoms with van der Waals surface area (Å²) in [6.45, 7) is 2.20. The van der Waals surface area contributed by atoms with Gasteiger partial charge in [0, 0.05) is 0 Å². The zero-order chi connectivity index (χ0) is 9.97. The highest BCUT2D eigenvalue weighted by atomic mass is 16.3. The Balaban J connectivity index is 1.99. The number of hydrogen-bond acceptors (Lipinski definition) is 1. The lowest BCUT2D eigenvalue weighted by Crippen LogP contribution is -2.26. The lowest BCUT2D eigenvalue weighted by Gasteiger charge is -2.31. The molecule has 0 heterocycles. The summed E-state index contributed by atoms with van der Waals surface area (Å²) in [5, 5.41) is 9.22. The Morgan fingerprint density at radius 3 is 2.36 bits per heavy atom. The lowest BCUT2D eigenvalue weighted by molar-refractivity contribution is 0.0746. The Hall–Kier alpha value is -0.820. The molecule has 0 saturated heterocycles. The van der Waals surface area contributed by atoms with Crippen LogP contribution in [0.5, 0.6) is 0 Å². The minimum absolute atomic E-state index is 0.0460. The first kappa shape index (κ1) is 9.72. The highest BCUT2D eigenvalue weighted by molar-refractivity contribution is 5.27. The summed E-state index contributed by atoms with van der Waals surface area (Å²) in [5.74, 6) is 0.612. The molecular formula is C13H18O. The molecule has 1 nitrogen and oxygen atoms in total. The van der Waals surface area contributed by atoms with Crippen molar-refractivity contribution < 1.29 is 5.11 Å². The van der Waals surface area contributed by atoms with Gasteiger partial charge in [0.1, 0.15) is 0 Å². The van der Waals surface area contributed by atoms with Crippen LogP contribution in [0, 0.1) is 0 Å². The molecule has 14 heavy (non-hydrogen) atoms. The number of aliphatic hydroxyl groups excluding tert-OH is 1. The largest absolute Gasteiger partial charge is 0.393 e. The molecule has 1 heteroatoms. The summed E-state index contributed by atoms with van der Waals surface area (Å²) < 4.78 is 0. The number of aliphatic hydroxyl groups is 1. The van der Waals surface area contributed by atoms with Crippen molar-refractivity contribution in [3.8, 4) is 0 Å². The average molecular weight is 190 g/mol. The van der Waals surface area contributed by atoms with Crippen LogP contribution in [0.15, 0.2) is 24.3 Å². The molecule has 0 bridgehead atoms. The molecule has 0 spiro atoms. The van der Waals surface area contributed by atoms with Crippen LogP contribution in [0.2, 0.25) is 0 Å². The molecule has 1 saturated carbocycles. The zero-order valence-electron chi connectivity index (χ0n) is 8.74. The zero-order valence-corrected chi connectivity index (χ0v) is 8.74. The molecule has 0 radical (unpaired) electrons. The van der Waals surface area contributed by atoms with Crippen molar-refractivity contribution in [1.29, 1.82) is 0 Å². The van der Waals surface area contributed by atoms with Gasteiger partial charge in [0.05, 0.1) is 6.10 Å². The molecule has 0 unspecified atom stereocenters. The van der Waals surface area contributed by atoms with Crippen LogP contribution in [0.25, 0.3) is 0 Å². The molecule has 1 fully saturated rings. The quantitative estimate of drug-likeness (QED) is 0.777. The smallest absolute Gasteiger partial charge is 0.0552 e. The van der Waals surface area contributed by atoms with E-state index in [1.165, 1.54) is 24.0 Å². The highest BCUT2D eigenvalue weighted by Crippen LogP contribution is 2.36. The van der Waals surface area contributed by atoms with Gasteiger partial charge in [-0.05, 0) is 36.3 Å². The minimum atomic E-state index is -0.0460. The van der Waals surface area contributed by atoms with Crippen LogP contribution in [0.4, 0.5) is 0 Å². The molecular weight excluding hydrogens is 172 g/mol. The van der Waals surface area contributed by atoms with E-state index in [9.17, 15) is 5.11 Å². The van der Waals surface area contributed by atoms with E-state index in [-0.39, 0.29) is 6.10 Å². The monoisotopic (exact) mass is 190 g/mol. The van der Waals surface area contributed by atoms with Gasteiger partial charge >= 0.3 is 0 Å². The highest BCUT2D eigenvalue weighted by Gasteiger charge is 2.28. The van der Waals surface area contributed by atoms with Gasteiger partial charge in [-0.1, -0.05) is 37.6 Å². The third-order valence-corrected chi connectivity index (χ3v) is 3.10. The Morgan fingerprint density at radius 1 is 1.21 bits per heavy atom. The number of aryl methyl sites for hydroxylation is 1. The Bertz CT molecular complexity index is 283. The van der Waals surface area contributed by atoms with Crippen LogP contribution in [0.3, 0.4) is 0 Å². The molecule has 76 valence electrons. The van der Waals surface area contributed by atoms with Crippen molar-refractivity contribution in [2.75, 3.05) is 0 Å². The van der Waals surface area contributed by atoms with Gasteiger partial charge in [-0.3, -0.25) is 0 Å². The summed E-state index contributed by atoms with van der Waals surface area (Å²) in [5.41, 5.74) is 2.83. The molecule has 1 aromatic rings. The topological polar surface area (TPSA) is 20.2 Å². The average Bonchev–Trinajstić information content (AvgIpc) is 2.15. The summed E-state index contributed by atoms with van der Waals surface area (Å²) in [7, 11) is 0. The van der Waals surface area contributed by atoms with Gasteiger partial charge < -0.3 is 5.11 Å². The number of rotatable bonds is 3. The maximum Gasteiger partial charge on any atom is 0.0552 e. The van der Waals surface area contributed by atoms with Gasteiger partial charge in [0.15, 0.2) is 0 Å². The molecule has 2 rings (SSSR count). The van der Waals surface area contributed by atoms with Crippen LogP contribution in [-0.2, 0) is 6.42 Å². The SMILES string of the molecule is CCCc1ccc(C2CC(O)C2)cc1. The molecule has 1 aromatic carbocycles. The third kappa shape index (κ3) is 1.98. The van der Waals surface area contributed by atoms with E-state index in [0.29, 0.717) is 5.92 Å². The fourth-order valence-corrected chi connectivity index (χ4v) is 2.11. The normalized spacial score (nSPS) is 25.9. The fourth-order valence-electron chi connectivity index (χ4n) is 2.11. The van der Waals surface area contributed by atoms with E-state index in [2.05, 4.69) is 31.2 Å². The summed E-state index contributed by atoms with van der Waals surface area (Å²) in [6, 6.07) is 8.90. The molecule has 0 aliphatic heterocycles. The first-order valence-corrected chi connectivity index (χ1v) is 5.56. The molecule has 0 aromatic heterocycles. The predicted molar refractivity (Wildman–Crippen MR) is 58.4 cm³/mol. The summed E-state index contributed by atoms with van der Waals surface area (Å²) in [6.07, 6.45) is 4.24. The van der Waals surface area contributed by atoms with Crippen LogP contribution in [-0.4, -0.2) is 11.2 Å². The van der Waals surface area contributed by atoms with Crippen LogP contribution in [0.1, 0.15) is 43.2 Å². The van der Waals surface area contributed by atoms with Gasteiger partial charge in [-0.2, -0.15) is 0 Å². The first-order valence-electron chi connectivity index (χ1n) is 5.56. The van der Waals surface area contributed by atoms with Crippen molar-refractivity contribution >= 4 is 0 Å². The van der Waals surface area contributed by atoms with Gasteiger partial charge in [0.2, 0.25) is 0 Å². The second-order valence-electron chi connectivity index (χ2n) is 4.31. The molecule has 1 aliphatic carbocycles. The van der Waals surface area contributed by atoms with Crippen molar-refractivity contribution in [1.82, 2.24) is 0 Å². The van der Waals surface area contributed by atoms with Gasteiger partial charge in [-0.15, -0.1) is 0 Å². The van der Waals surface area contributed by atoms with E-state index in [0.717, 1.165) is 12.8 Å². The second kappa shape index (κ2) is 4.14. The first-order chi connectivity index (χ1) is 6.79. The second-order valence-corrected chi connectivity index (χ2v) is 4.31. The molecule has 0 amide bonds. The van der Waals surface area contributed by atoms with Crippen LogP contribution < -0.4 is 0 Å². The van der Waals surface area contributed by atoms with E-state index in [1.807, 2.05) is 0 Å². The van der Waals surface area contributed by atoms with Crippen molar-refractivity contribution in [2.45, 2.75) is 44.6 Å². The molecule has 1 aliphatic rings. The van der Waals surface area contributed by atoms with Crippen molar-refractivity contribution in [3.05, 3.63) is 35.4 Å². The maximum atomic E-state index is 9.22. The van der Waals surface area contributed by atoms with E-state index in [4.69, 9.17) is 0 Å². The predicted octanol–water partition coefficient (Wildman–Crippen LogP) is 2.88. The van der Waals surface area contributed by atoms with E-state index >= 15 is 0 Å². The molecule has 0 atom stereocenters.